The fourth-order valence-corrected chi connectivity index (χ4v) is 1.99. The molecule has 96 valence electrons. The van der Waals surface area contributed by atoms with E-state index in [0.29, 0.717) is 12.0 Å². The Morgan fingerprint density at radius 3 is 2.61 bits per heavy atom. The molecule has 1 amide bonds. The lowest BCUT2D eigenvalue weighted by Gasteiger charge is -2.21. The molecule has 5 heteroatoms. The number of carbonyl (C=O) groups is 1. The molecule has 4 nitrogen and oxygen atoms in total. The van der Waals surface area contributed by atoms with Crippen LogP contribution in [0.15, 0.2) is 24.3 Å². The van der Waals surface area contributed by atoms with Crippen LogP contribution in [-0.4, -0.2) is 31.0 Å². The van der Waals surface area contributed by atoms with Crippen LogP contribution in [0.4, 0.5) is 5.69 Å². The first kappa shape index (κ1) is 14.6. The van der Waals surface area contributed by atoms with E-state index >= 15 is 0 Å². The molecule has 0 spiro atoms. The average molecular weight is 263 g/mol. The Labute approximate surface area is 112 Å². The van der Waals surface area contributed by atoms with E-state index in [4.69, 9.17) is 11.0 Å². The number of nitrogens with zero attached hydrogens (tertiary/aromatic N) is 2. The van der Waals surface area contributed by atoms with Crippen LogP contribution in [0.5, 0.6) is 0 Å². The molecule has 0 unspecified atom stereocenters. The Balaban J connectivity index is 2.70. The highest BCUT2D eigenvalue weighted by Crippen LogP contribution is 2.15. The van der Waals surface area contributed by atoms with Crippen molar-refractivity contribution in [2.45, 2.75) is 12.5 Å². The first-order chi connectivity index (χ1) is 8.60. The number of rotatable bonds is 5. The number of hydrogen-bond acceptors (Lipinski definition) is 4. The van der Waals surface area contributed by atoms with Crippen molar-refractivity contribution in [3.05, 3.63) is 29.8 Å². The number of carbonyl (C=O) groups excluding carboxylic acids is 1. The number of nitrogens with two attached hydrogens (primary N) is 1. The smallest absolute Gasteiger partial charge is 0.243 e. The van der Waals surface area contributed by atoms with Crippen molar-refractivity contribution in [2.24, 2.45) is 5.73 Å². The van der Waals surface area contributed by atoms with Gasteiger partial charge in [-0.25, -0.2) is 0 Å². The second kappa shape index (κ2) is 7.04. The minimum atomic E-state index is -0.474. The zero-order valence-corrected chi connectivity index (χ0v) is 11.4. The largest absolute Gasteiger partial charge is 0.320 e. The highest BCUT2D eigenvalue weighted by Gasteiger charge is 2.18. The van der Waals surface area contributed by atoms with Crippen molar-refractivity contribution in [2.75, 3.05) is 24.0 Å². The molecule has 0 saturated carbocycles. The van der Waals surface area contributed by atoms with Crippen LogP contribution in [0.2, 0.25) is 0 Å². The van der Waals surface area contributed by atoms with E-state index in [1.165, 1.54) is 4.90 Å². The van der Waals surface area contributed by atoms with Gasteiger partial charge >= 0.3 is 0 Å². The number of hydrogen-bond donors (Lipinski definition) is 1. The van der Waals surface area contributed by atoms with Gasteiger partial charge in [0.2, 0.25) is 5.91 Å². The number of likely N-dealkylation sites (N-methyl/N-ethyl adjacent to an activating group) is 1. The third-order valence-electron chi connectivity index (χ3n) is 2.66. The van der Waals surface area contributed by atoms with Crippen molar-refractivity contribution in [1.29, 1.82) is 5.26 Å². The molecule has 2 N–H and O–H groups in total. The quantitative estimate of drug-likeness (QED) is 0.876. The maximum atomic E-state index is 12.0. The maximum Gasteiger partial charge on any atom is 0.243 e. The summed E-state index contributed by atoms with van der Waals surface area (Å²) >= 11 is 1.67. The predicted octanol–water partition coefficient (Wildman–Crippen LogP) is 1.60. The summed E-state index contributed by atoms with van der Waals surface area (Å²) in [4.78, 5) is 13.6. The molecule has 1 atom stereocenters. The van der Waals surface area contributed by atoms with Crippen LogP contribution in [-0.2, 0) is 4.79 Å². The molecule has 0 heterocycles. The van der Waals surface area contributed by atoms with Crippen molar-refractivity contribution < 1.29 is 4.79 Å². The fraction of sp³-hybridized carbons (Fsp3) is 0.385. The minimum Gasteiger partial charge on any atom is -0.320 e. The van der Waals surface area contributed by atoms with E-state index in [1.54, 1.807) is 43.1 Å². The highest BCUT2D eigenvalue weighted by molar-refractivity contribution is 7.98. The van der Waals surface area contributed by atoms with Crippen LogP contribution in [0.25, 0.3) is 0 Å². The summed E-state index contributed by atoms with van der Waals surface area (Å²) in [5, 5.41) is 8.71. The van der Waals surface area contributed by atoms with E-state index in [0.717, 1.165) is 11.4 Å². The number of benzene rings is 1. The summed E-state index contributed by atoms with van der Waals surface area (Å²) in [5.74, 6) is 0.766. The van der Waals surface area contributed by atoms with E-state index in [1.807, 2.05) is 12.3 Å². The summed E-state index contributed by atoms with van der Waals surface area (Å²) in [7, 11) is 1.70. The highest BCUT2D eigenvalue weighted by atomic mass is 32.2. The summed E-state index contributed by atoms with van der Waals surface area (Å²) in [6.07, 6.45) is 2.65. The van der Waals surface area contributed by atoms with Gasteiger partial charge in [0, 0.05) is 12.7 Å². The topological polar surface area (TPSA) is 70.1 Å². The van der Waals surface area contributed by atoms with E-state index < -0.39 is 6.04 Å². The van der Waals surface area contributed by atoms with Crippen LogP contribution < -0.4 is 10.6 Å². The molecule has 1 aromatic rings. The molecule has 0 saturated heterocycles. The second-order valence-corrected chi connectivity index (χ2v) is 4.93. The van der Waals surface area contributed by atoms with Crippen molar-refractivity contribution in [3.8, 4) is 6.07 Å². The zero-order chi connectivity index (χ0) is 13.5. The molecule has 18 heavy (non-hydrogen) atoms. The third kappa shape index (κ3) is 3.76. The van der Waals surface area contributed by atoms with Gasteiger partial charge in [-0.05, 0) is 42.7 Å². The number of anilines is 1. The molecule has 0 aliphatic heterocycles. The minimum absolute atomic E-state index is 0.103. The van der Waals surface area contributed by atoms with Crippen LogP contribution in [0, 0.1) is 11.3 Å². The van der Waals surface area contributed by atoms with E-state index in [-0.39, 0.29) is 5.91 Å². The Kier molecular flexibility index (Phi) is 5.69. The Hall–Kier alpha value is -1.51. The lowest BCUT2D eigenvalue weighted by molar-refractivity contribution is -0.119. The van der Waals surface area contributed by atoms with Gasteiger partial charge < -0.3 is 10.6 Å². The normalized spacial score (nSPS) is 11.7. The molecule has 1 aromatic carbocycles. The molecule has 0 bridgehead atoms. The monoisotopic (exact) mass is 263 g/mol. The molecular weight excluding hydrogens is 246 g/mol. The molecule has 0 aromatic heterocycles. The molecule has 0 aliphatic rings. The van der Waals surface area contributed by atoms with Gasteiger partial charge in [0.1, 0.15) is 0 Å². The van der Waals surface area contributed by atoms with Crippen molar-refractivity contribution in [1.82, 2.24) is 0 Å². The number of thioether (sulfide) groups is 1. The summed E-state index contributed by atoms with van der Waals surface area (Å²) < 4.78 is 0. The summed E-state index contributed by atoms with van der Waals surface area (Å²) in [6, 6.07) is 8.44. The first-order valence-corrected chi connectivity index (χ1v) is 7.01. The van der Waals surface area contributed by atoms with E-state index in [2.05, 4.69) is 0 Å². The van der Waals surface area contributed by atoms with Crippen molar-refractivity contribution >= 4 is 23.4 Å². The molecule has 1 rings (SSSR count). The molecule has 0 radical (unpaired) electrons. The van der Waals surface area contributed by atoms with Crippen LogP contribution in [0.1, 0.15) is 12.0 Å². The van der Waals surface area contributed by atoms with Gasteiger partial charge in [0.05, 0.1) is 17.7 Å². The SMILES string of the molecule is CSCC[C@H](N)C(=O)N(C)c1ccc(C#N)cc1. The summed E-state index contributed by atoms with van der Waals surface area (Å²) in [5.41, 5.74) is 7.16. The van der Waals surface area contributed by atoms with Crippen LogP contribution in [0.3, 0.4) is 0 Å². The van der Waals surface area contributed by atoms with Crippen molar-refractivity contribution in [3.63, 3.8) is 0 Å². The first-order valence-electron chi connectivity index (χ1n) is 5.62. The maximum absolute atomic E-state index is 12.0. The number of nitriles is 1. The van der Waals surface area contributed by atoms with Gasteiger partial charge in [-0.1, -0.05) is 0 Å². The molecular formula is C13H17N3OS. The average Bonchev–Trinajstić information content (AvgIpc) is 2.43. The van der Waals surface area contributed by atoms with Gasteiger partial charge in [-0.15, -0.1) is 0 Å². The van der Waals surface area contributed by atoms with E-state index in [9.17, 15) is 4.79 Å². The zero-order valence-electron chi connectivity index (χ0n) is 10.6. The second-order valence-electron chi connectivity index (χ2n) is 3.94. The molecule has 0 aliphatic carbocycles. The predicted molar refractivity (Wildman–Crippen MR) is 75.5 cm³/mol. The lowest BCUT2D eigenvalue weighted by atomic mass is 10.1. The third-order valence-corrected chi connectivity index (χ3v) is 3.31. The fourth-order valence-electron chi connectivity index (χ4n) is 1.50. The van der Waals surface area contributed by atoms with Gasteiger partial charge in [-0.3, -0.25) is 4.79 Å². The van der Waals surface area contributed by atoms with Gasteiger partial charge in [-0.2, -0.15) is 17.0 Å². The Morgan fingerprint density at radius 2 is 2.11 bits per heavy atom. The number of amides is 1. The standard InChI is InChI=1S/C13H17N3OS/c1-16(13(17)12(15)7-8-18-2)11-5-3-10(9-14)4-6-11/h3-6,12H,7-8,15H2,1-2H3/t12-/m0/s1. The van der Waals surface area contributed by atoms with Gasteiger partial charge in [0.25, 0.3) is 0 Å². The summed E-state index contributed by atoms with van der Waals surface area (Å²) in [6.45, 7) is 0. The Morgan fingerprint density at radius 1 is 1.50 bits per heavy atom. The Bertz CT molecular complexity index is 439. The van der Waals surface area contributed by atoms with Crippen LogP contribution >= 0.6 is 11.8 Å². The lowest BCUT2D eigenvalue weighted by Crippen LogP contribution is -2.42. The molecule has 0 fully saturated rings. The van der Waals surface area contributed by atoms with Gasteiger partial charge in [0.15, 0.2) is 0 Å².